The molecule has 1 aromatic heterocycles. The maximum atomic E-state index is 5.06. The number of rotatable bonds is 7. The van der Waals surface area contributed by atoms with Crippen molar-refractivity contribution in [3.8, 4) is 0 Å². The van der Waals surface area contributed by atoms with Gasteiger partial charge in [-0.1, -0.05) is 6.42 Å². The number of nitrogens with one attached hydrogen (secondary N) is 1. The van der Waals surface area contributed by atoms with E-state index in [-0.39, 0.29) is 0 Å². The fraction of sp³-hybridized carbons (Fsp3) is 0.750. The maximum Gasteiger partial charge on any atom is 0.0947 e. The lowest BCUT2D eigenvalue weighted by Gasteiger charge is -2.27. The third kappa shape index (κ3) is 3.40. The van der Waals surface area contributed by atoms with Crippen molar-refractivity contribution in [1.29, 1.82) is 0 Å². The van der Waals surface area contributed by atoms with Gasteiger partial charge >= 0.3 is 0 Å². The molecule has 0 spiro atoms. The van der Waals surface area contributed by atoms with Gasteiger partial charge in [0.05, 0.1) is 12.5 Å². The van der Waals surface area contributed by atoms with Gasteiger partial charge in [0.1, 0.15) is 0 Å². The van der Waals surface area contributed by atoms with Gasteiger partial charge in [0.25, 0.3) is 0 Å². The molecule has 106 valence electrons. The monoisotopic (exact) mass is 262 g/mol. The summed E-state index contributed by atoms with van der Waals surface area (Å²) in [5.74, 6) is 3.10. The Morgan fingerprint density at radius 3 is 3.00 bits per heavy atom. The first-order valence-corrected chi connectivity index (χ1v) is 7.71. The average Bonchev–Trinajstić information content (AvgIpc) is 3.11. The molecular weight excluding hydrogens is 236 g/mol. The molecule has 2 aliphatic rings. The highest BCUT2D eigenvalue weighted by Crippen LogP contribution is 2.48. The third-order valence-electron chi connectivity index (χ3n) is 5.01. The van der Waals surface area contributed by atoms with Crippen molar-refractivity contribution < 1.29 is 4.42 Å². The lowest BCUT2D eigenvalue weighted by molar-refractivity contribution is 0.220. The highest BCUT2D eigenvalue weighted by Gasteiger charge is 2.39. The van der Waals surface area contributed by atoms with E-state index in [1.807, 2.05) is 12.3 Å². The van der Waals surface area contributed by atoms with Gasteiger partial charge in [0.15, 0.2) is 0 Å². The maximum absolute atomic E-state index is 5.06. The van der Waals surface area contributed by atoms with E-state index >= 15 is 0 Å². The molecule has 0 radical (unpaired) electrons. The minimum Gasteiger partial charge on any atom is -0.472 e. The molecule has 2 saturated carbocycles. The van der Waals surface area contributed by atoms with Gasteiger partial charge in [-0.15, -0.1) is 0 Å². The van der Waals surface area contributed by atoms with E-state index < -0.39 is 0 Å². The fourth-order valence-electron chi connectivity index (χ4n) is 3.99. The molecule has 0 amide bonds. The van der Waals surface area contributed by atoms with Crippen molar-refractivity contribution in [2.75, 3.05) is 26.7 Å². The normalized spacial score (nSPS) is 29.5. The lowest BCUT2D eigenvalue weighted by atomic mass is 9.88. The predicted octanol–water partition coefficient (Wildman–Crippen LogP) is 2.74. The molecule has 3 heteroatoms. The largest absolute Gasteiger partial charge is 0.472 e. The van der Waals surface area contributed by atoms with Crippen molar-refractivity contribution in [1.82, 2.24) is 10.2 Å². The molecular formula is C16H26N2O. The molecule has 2 fully saturated rings. The summed E-state index contributed by atoms with van der Waals surface area (Å²) >= 11 is 0. The zero-order valence-corrected chi connectivity index (χ0v) is 12.0. The molecule has 2 bridgehead atoms. The van der Waals surface area contributed by atoms with Crippen molar-refractivity contribution >= 4 is 0 Å². The van der Waals surface area contributed by atoms with Gasteiger partial charge in [0, 0.05) is 31.7 Å². The number of likely N-dealkylation sites (N-methyl/N-ethyl adjacent to an activating group) is 1. The number of hydrogen-bond donors (Lipinski definition) is 1. The second-order valence-electron chi connectivity index (χ2n) is 6.51. The molecule has 3 nitrogen and oxygen atoms in total. The molecule has 0 aliphatic heterocycles. The van der Waals surface area contributed by atoms with Gasteiger partial charge in [-0.3, -0.25) is 0 Å². The van der Waals surface area contributed by atoms with Crippen LogP contribution < -0.4 is 5.32 Å². The van der Waals surface area contributed by atoms with E-state index in [1.54, 1.807) is 6.26 Å². The summed E-state index contributed by atoms with van der Waals surface area (Å²) in [7, 11) is 2.27. The van der Waals surface area contributed by atoms with Crippen LogP contribution in [0.3, 0.4) is 0 Å². The Morgan fingerprint density at radius 2 is 2.32 bits per heavy atom. The second-order valence-corrected chi connectivity index (χ2v) is 6.51. The minimum atomic E-state index is 0.915. The molecule has 0 saturated heterocycles. The molecule has 2 aliphatic carbocycles. The van der Waals surface area contributed by atoms with Crippen LogP contribution in [0.2, 0.25) is 0 Å². The lowest BCUT2D eigenvalue weighted by Crippen LogP contribution is -2.34. The summed E-state index contributed by atoms with van der Waals surface area (Å²) < 4.78 is 5.06. The summed E-state index contributed by atoms with van der Waals surface area (Å²) in [4.78, 5) is 2.51. The van der Waals surface area contributed by atoms with E-state index in [4.69, 9.17) is 4.42 Å². The Hall–Kier alpha value is -0.800. The van der Waals surface area contributed by atoms with Gasteiger partial charge in [0.2, 0.25) is 0 Å². The van der Waals surface area contributed by atoms with Crippen LogP contribution in [0.1, 0.15) is 31.2 Å². The zero-order chi connectivity index (χ0) is 13.1. The fourth-order valence-corrected chi connectivity index (χ4v) is 3.99. The predicted molar refractivity (Wildman–Crippen MR) is 76.8 cm³/mol. The molecule has 1 N–H and O–H groups in total. The Kier molecular flexibility index (Phi) is 4.24. The summed E-state index contributed by atoms with van der Waals surface area (Å²) in [5.41, 5.74) is 1.23. The summed E-state index contributed by atoms with van der Waals surface area (Å²) in [5, 5.41) is 3.48. The Morgan fingerprint density at radius 1 is 1.37 bits per heavy atom. The summed E-state index contributed by atoms with van der Waals surface area (Å²) in [6.45, 7) is 4.42. The van der Waals surface area contributed by atoms with Crippen molar-refractivity contribution in [3.63, 3.8) is 0 Å². The number of furan rings is 1. The third-order valence-corrected chi connectivity index (χ3v) is 5.01. The molecule has 1 aromatic rings. The zero-order valence-electron chi connectivity index (χ0n) is 12.0. The van der Waals surface area contributed by atoms with Crippen molar-refractivity contribution in [3.05, 3.63) is 24.2 Å². The first-order chi connectivity index (χ1) is 9.31. The van der Waals surface area contributed by atoms with Gasteiger partial charge in [-0.25, -0.2) is 0 Å². The highest BCUT2D eigenvalue weighted by atomic mass is 16.3. The van der Waals surface area contributed by atoms with Crippen LogP contribution >= 0.6 is 0 Å². The van der Waals surface area contributed by atoms with Crippen LogP contribution in [0, 0.1) is 17.8 Å². The molecule has 3 rings (SSSR count). The number of fused-ring (bicyclic) bond motifs is 2. The van der Waals surface area contributed by atoms with E-state index in [1.165, 1.54) is 37.8 Å². The first kappa shape index (κ1) is 13.2. The Labute approximate surface area is 116 Å². The second kappa shape index (κ2) is 6.10. The SMILES string of the molecule is CN(CCNCc1ccoc1)CC1CC2CCC1C2. The molecule has 1 heterocycles. The van der Waals surface area contributed by atoms with E-state index in [2.05, 4.69) is 17.3 Å². The van der Waals surface area contributed by atoms with Gasteiger partial charge in [-0.05, 0) is 50.1 Å². The van der Waals surface area contributed by atoms with E-state index in [0.29, 0.717) is 0 Å². The van der Waals surface area contributed by atoms with Gasteiger partial charge < -0.3 is 14.6 Å². The number of nitrogens with zero attached hydrogens (tertiary/aromatic N) is 1. The van der Waals surface area contributed by atoms with Crippen LogP contribution in [0.4, 0.5) is 0 Å². The quantitative estimate of drug-likeness (QED) is 0.766. The van der Waals surface area contributed by atoms with Crippen LogP contribution in [-0.2, 0) is 6.54 Å². The van der Waals surface area contributed by atoms with Crippen LogP contribution in [-0.4, -0.2) is 31.6 Å². The molecule has 19 heavy (non-hydrogen) atoms. The molecule has 3 atom stereocenters. The first-order valence-electron chi connectivity index (χ1n) is 7.71. The minimum absolute atomic E-state index is 0.915. The molecule has 0 aromatic carbocycles. The molecule has 3 unspecified atom stereocenters. The van der Waals surface area contributed by atoms with Crippen molar-refractivity contribution in [2.45, 2.75) is 32.2 Å². The smallest absolute Gasteiger partial charge is 0.0947 e. The Bertz CT molecular complexity index is 376. The van der Waals surface area contributed by atoms with Crippen LogP contribution in [0.5, 0.6) is 0 Å². The summed E-state index contributed by atoms with van der Waals surface area (Å²) in [6.07, 6.45) is 9.58. The standard InChI is InChI=1S/C16H26N2O/c1-18(6-5-17-10-14-4-7-19-12-14)11-16-9-13-2-3-15(16)8-13/h4,7,12-13,15-17H,2-3,5-6,8-11H2,1H3. The van der Waals surface area contributed by atoms with Gasteiger partial charge in [-0.2, -0.15) is 0 Å². The average molecular weight is 262 g/mol. The topological polar surface area (TPSA) is 28.4 Å². The Balaban J connectivity index is 1.30. The van der Waals surface area contributed by atoms with E-state index in [9.17, 15) is 0 Å². The highest BCUT2D eigenvalue weighted by molar-refractivity contribution is 5.04. The number of hydrogen-bond acceptors (Lipinski definition) is 3. The summed E-state index contributed by atoms with van der Waals surface area (Å²) in [6, 6.07) is 2.02. The van der Waals surface area contributed by atoms with Crippen molar-refractivity contribution in [2.24, 2.45) is 17.8 Å². The van der Waals surface area contributed by atoms with Crippen LogP contribution in [0.15, 0.2) is 23.0 Å². The van der Waals surface area contributed by atoms with Crippen LogP contribution in [0.25, 0.3) is 0 Å². The van der Waals surface area contributed by atoms with E-state index in [0.717, 1.165) is 37.4 Å².